The number of rotatable bonds is 4. The Morgan fingerprint density at radius 1 is 1.62 bits per heavy atom. The Bertz CT molecular complexity index is 349. The van der Waals surface area contributed by atoms with Crippen molar-refractivity contribution in [3.05, 3.63) is 30.1 Å². The number of carbonyl (C=O) groups is 1. The normalized spacial score (nSPS) is 16.2. The Morgan fingerprint density at radius 2 is 2.31 bits per heavy atom. The van der Waals surface area contributed by atoms with E-state index in [1.807, 2.05) is 32.0 Å². The molecule has 0 saturated carbocycles. The summed E-state index contributed by atoms with van der Waals surface area (Å²) in [6, 6.07) is 5.50. The maximum absolute atomic E-state index is 11.8. The molecule has 3 N–H and O–H groups in total. The molecule has 0 saturated heterocycles. The zero-order valence-corrected chi connectivity index (χ0v) is 10.0. The fourth-order valence-corrected chi connectivity index (χ4v) is 1.23. The first kappa shape index (κ1) is 12.6. The number of pyridine rings is 1. The summed E-state index contributed by atoms with van der Waals surface area (Å²) in [4.78, 5) is 16.0. The van der Waals surface area contributed by atoms with E-state index in [-0.39, 0.29) is 11.9 Å². The summed E-state index contributed by atoms with van der Waals surface area (Å²) in [5, 5.41) is 2.86. The van der Waals surface area contributed by atoms with Crippen molar-refractivity contribution in [3.63, 3.8) is 0 Å². The fourth-order valence-electron chi connectivity index (χ4n) is 1.23. The zero-order valence-electron chi connectivity index (χ0n) is 10.0. The molecule has 1 heterocycles. The number of nitrogens with two attached hydrogens (primary N) is 1. The summed E-state index contributed by atoms with van der Waals surface area (Å²) in [5.41, 5.74) is 5.87. The van der Waals surface area contributed by atoms with Crippen molar-refractivity contribution in [2.24, 2.45) is 5.73 Å². The van der Waals surface area contributed by atoms with Gasteiger partial charge in [-0.2, -0.15) is 0 Å². The van der Waals surface area contributed by atoms with Gasteiger partial charge in [-0.15, -0.1) is 0 Å². The van der Waals surface area contributed by atoms with Gasteiger partial charge in [0.15, 0.2) is 0 Å². The molecule has 0 spiro atoms. The average molecular weight is 221 g/mol. The Kier molecular flexibility index (Phi) is 4.01. The standard InChI is InChI=1S/C12H19N3O/c1-4-12(3,13)11(16)15-9(2)10-7-5-6-8-14-10/h5-9H,4,13H2,1-3H3,(H,15,16). The highest BCUT2D eigenvalue weighted by molar-refractivity contribution is 5.85. The molecule has 4 nitrogen and oxygen atoms in total. The Balaban J connectivity index is 2.66. The minimum absolute atomic E-state index is 0.122. The van der Waals surface area contributed by atoms with Crippen molar-refractivity contribution in [1.29, 1.82) is 0 Å². The van der Waals surface area contributed by atoms with Crippen molar-refractivity contribution in [2.75, 3.05) is 0 Å². The summed E-state index contributed by atoms with van der Waals surface area (Å²) >= 11 is 0. The third-order valence-corrected chi connectivity index (χ3v) is 2.73. The molecule has 0 bridgehead atoms. The molecule has 1 aromatic heterocycles. The maximum Gasteiger partial charge on any atom is 0.240 e. The second kappa shape index (κ2) is 5.07. The number of nitrogens with zero attached hydrogens (tertiary/aromatic N) is 1. The second-order valence-electron chi connectivity index (χ2n) is 4.22. The molecule has 2 atom stereocenters. The number of hydrogen-bond donors (Lipinski definition) is 2. The molecule has 0 fully saturated rings. The zero-order chi connectivity index (χ0) is 12.2. The smallest absolute Gasteiger partial charge is 0.240 e. The van der Waals surface area contributed by atoms with Gasteiger partial charge in [-0.3, -0.25) is 9.78 Å². The summed E-state index contributed by atoms with van der Waals surface area (Å²) in [6.45, 7) is 5.52. The van der Waals surface area contributed by atoms with E-state index in [4.69, 9.17) is 5.73 Å². The second-order valence-corrected chi connectivity index (χ2v) is 4.22. The SMILES string of the molecule is CCC(C)(N)C(=O)NC(C)c1ccccn1. The van der Waals surface area contributed by atoms with E-state index in [2.05, 4.69) is 10.3 Å². The first-order chi connectivity index (χ1) is 7.47. The lowest BCUT2D eigenvalue weighted by atomic mass is 9.99. The summed E-state index contributed by atoms with van der Waals surface area (Å²) < 4.78 is 0. The van der Waals surface area contributed by atoms with Gasteiger partial charge in [0.05, 0.1) is 17.3 Å². The van der Waals surface area contributed by atoms with Crippen LogP contribution in [0.1, 0.15) is 38.9 Å². The number of hydrogen-bond acceptors (Lipinski definition) is 3. The van der Waals surface area contributed by atoms with Crippen LogP contribution in [0.3, 0.4) is 0 Å². The Hall–Kier alpha value is -1.42. The van der Waals surface area contributed by atoms with Gasteiger partial charge in [-0.05, 0) is 32.4 Å². The van der Waals surface area contributed by atoms with Gasteiger partial charge in [0.1, 0.15) is 0 Å². The van der Waals surface area contributed by atoms with Crippen molar-refractivity contribution in [2.45, 2.75) is 38.8 Å². The predicted molar refractivity (Wildman–Crippen MR) is 63.7 cm³/mol. The van der Waals surface area contributed by atoms with Crippen molar-refractivity contribution >= 4 is 5.91 Å². The lowest BCUT2D eigenvalue weighted by Crippen LogP contribution is -2.51. The summed E-state index contributed by atoms with van der Waals surface area (Å²) in [7, 11) is 0. The molecule has 2 unspecified atom stereocenters. The first-order valence-corrected chi connectivity index (χ1v) is 5.48. The third kappa shape index (κ3) is 3.03. The van der Waals surface area contributed by atoms with Crippen molar-refractivity contribution in [1.82, 2.24) is 10.3 Å². The summed E-state index contributed by atoms with van der Waals surface area (Å²) in [6.07, 6.45) is 2.31. The molecule has 0 radical (unpaired) electrons. The van der Waals surface area contributed by atoms with E-state index >= 15 is 0 Å². The third-order valence-electron chi connectivity index (χ3n) is 2.73. The van der Waals surface area contributed by atoms with Crippen LogP contribution in [0.2, 0.25) is 0 Å². The Morgan fingerprint density at radius 3 is 2.81 bits per heavy atom. The van der Waals surface area contributed by atoms with Crippen LogP contribution < -0.4 is 11.1 Å². The molecule has 1 amide bonds. The van der Waals surface area contributed by atoms with Gasteiger partial charge >= 0.3 is 0 Å². The van der Waals surface area contributed by atoms with E-state index in [0.717, 1.165) is 5.69 Å². The first-order valence-electron chi connectivity index (χ1n) is 5.48. The predicted octanol–water partition coefficient (Wildman–Crippen LogP) is 1.39. The van der Waals surface area contributed by atoms with E-state index in [0.29, 0.717) is 6.42 Å². The molecular weight excluding hydrogens is 202 g/mol. The van der Waals surface area contributed by atoms with E-state index in [1.54, 1.807) is 13.1 Å². The van der Waals surface area contributed by atoms with Crippen LogP contribution in [0, 0.1) is 0 Å². The molecule has 0 aromatic carbocycles. The number of nitrogens with one attached hydrogen (secondary N) is 1. The number of amides is 1. The van der Waals surface area contributed by atoms with Gasteiger partial charge in [0.2, 0.25) is 5.91 Å². The molecule has 16 heavy (non-hydrogen) atoms. The Labute approximate surface area is 96.3 Å². The molecule has 1 rings (SSSR count). The maximum atomic E-state index is 11.8. The van der Waals surface area contributed by atoms with Gasteiger partial charge in [-0.25, -0.2) is 0 Å². The van der Waals surface area contributed by atoms with Crippen LogP contribution in [-0.2, 0) is 4.79 Å². The van der Waals surface area contributed by atoms with Crippen LogP contribution >= 0.6 is 0 Å². The quantitative estimate of drug-likeness (QED) is 0.807. The monoisotopic (exact) mass is 221 g/mol. The molecule has 0 aliphatic carbocycles. The molecule has 1 aromatic rings. The molecule has 88 valence electrons. The number of aromatic nitrogens is 1. The van der Waals surface area contributed by atoms with Gasteiger partial charge in [0.25, 0.3) is 0 Å². The van der Waals surface area contributed by atoms with Crippen LogP contribution in [0.15, 0.2) is 24.4 Å². The highest BCUT2D eigenvalue weighted by Crippen LogP contribution is 2.11. The van der Waals surface area contributed by atoms with Crippen LogP contribution in [0.5, 0.6) is 0 Å². The highest BCUT2D eigenvalue weighted by Gasteiger charge is 2.27. The molecule has 0 aliphatic heterocycles. The van der Waals surface area contributed by atoms with Crippen molar-refractivity contribution < 1.29 is 4.79 Å². The van der Waals surface area contributed by atoms with E-state index < -0.39 is 5.54 Å². The topological polar surface area (TPSA) is 68.0 Å². The fraction of sp³-hybridized carbons (Fsp3) is 0.500. The largest absolute Gasteiger partial charge is 0.346 e. The van der Waals surface area contributed by atoms with Gasteiger partial charge in [0, 0.05) is 6.20 Å². The van der Waals surface area contributed by atoms with Crippen LogP contribution in [-0.4, -0.2) is 16.4 Å². The van der Waals surface area contributed by atoms with Crippen LogP contribution in [0.25, 0.3) is 0 Å². The molecule has 0 aliphatic rings. The minimum atomic E-state index is -0.816. The van der Waals surface area contributed by atoms with Crippen molar-refractivity contribution in [3.8, 4) is 0 Å². The lowest BCUT2D eigenvalue weighted by molar-refractivity contribution is -0.126. The van der Waals surface area contributed by atoms with Gasteiger partial charge < -0.3 is 11.1 Å². The minimum Gasteiger partial charge on any atom is -0.346 e. The van der Waals surface area contributed by atoms with E-state index in [1.165, 1.54) is 0 Å². The van der Waals surface area contributed by atoms with E-state index in [9.17, 15) is 4.79 Å². The summed E-state index contributed by atoms with van der Waals surface area (Å²) in [5.74, 6) is -0.145. The molecular formula is C12H19N3O. The highest BCUT2D eigenvalue weighted by atomic mass is 16.2. The average Bonchev–Trinajstić information content (AvgIpc) is 2.30. The molecule has 4 heteroatoms. The number of carbonyl (C=O) groups excluding carboxylic acids is 1. The lowest BCUT2D eigenvalue weighted by Gasteiger charge is -2.24. The van der Waals surface area contributed by atoms with Gasteiger partial charge in [-0.1, -0.05) is 13.0 Å². The van der Waals surface area contributed by atoms with Crippen LogP contribution in [0.4, 0.5) is 0 Å².